The zero-order valence-corrected chi connectivity index (χ0v) is 6.75. The van der Waals surface area contributed by atoms with Crippen molar-refractivity contribution >= 4 is 5.84 Å². The summed E-state index contributed by atoms with van der Waals surface area (Å²) in [5, 5.41) is 8.49. The number of nitrogens with one attached hydrogen (secondary N) is 1. The highest BCUT2D eigenvalue weighted by molar-refractivity contribution is 5.96. The van der Waals surface area contributed by atoms with Crippen LogP contribution in [0.15, 0.2) is 17.3 Å². The van der Waals surface area contributed by atoms with Crippen molar-refractivity contribution in [1.29, 1.82) is 0 Å². The quantitative estimate of drug-likeness (QED) is 0.387. The minimum atomic E-state index is -0.887. The molecule has 0 aliphatic rings. The maximum Gasteiger partial charge on any atom is 0.173 e. The molecule has 0 aliphatic carbocycles. The van der Waals surface area contributed by atoms with Gasteiger partial charge in [-0.15, -0.1) is 0 Å². The van der Waals surface area contributed by atoms with Gasteiger partial charge in [0.15, 0.2) is 11.7 Å². The molecule has 0 radical (unpaired) electrons. The highest BCUT2D eigenvalue weighted by Gasteiger charge is 2.10. The van der Waals surface area contributed by atoms with Crippen LogP contribution < -0.4 is 5.48 Å². The van der Waals surface area contributed by atoms with E-state index in [9.17, 15) is 8.78 Å². The molecule has 0 fully saturated rings. The van der Waals surface area contributed by atoms with Gasteiger partial charge in [0.1, 0.15) is 11.5 Å². The summed E-state index contributed by atoms with van der Waals surface area (Å²) in [4.78, 5) is 6.91. The van der Waals surface area contributed by atoms with Crippen molar-refractivity contribution in [3.05, 3.63) is 29.6 Å². The van der Waals surface area contributed by atoms with Crippen LogP contribution in [0.25, 0.3) is 0 Å². The van der Waals surface area contributed by atoms with E-state index in [4.69, 9.17) is 5.21 Å². The molecule has 6 heteroatoms. The predicted octanol–water partition coefficient (Wildman–Crippen LogP) is 0.715. The van der Waals surface area contributed by atoms with Crippen LogP contribution in [0.2, 0.25) is 0 Å². The lowest BCUT2D eigenvalue weighted by Crippen LogP contribution is -2.22. The topological polar surface area (TPSA) is 57.5 Å². The average molecular weight is 187 g/mol. The molecule has 0 amide bonds. The van der Waals surface area contributed by atoms with Crippen LogP contribution in [0.1, 0.15) is 5.69 Å². The van der Waals surface area contributed by atoms with E-state index < -0.39 is 11.6 Å². The van der Waals surface area contributed by atoms with Gasteiger partial charge in [-0.2, -0.15) is 0 Å². The van der Waals surface area contributed by atoms with Gasteiger partial charge in [-0.25, -0.2) is 13.8 Å². The zero-order chi connectivity index (χ0) is 9.84. The largest absolute Gasteiger partial charge is 0.290 e. The molecular formula is C7H7F2N3O. The Morgan fingerprint density at radius 3 is 2.77 bits per heavy atom. The minimum Gasteiger partial charge on any atom is -0.290 e. The lowest BCUT2D eigenvalue weighted by molar-refractivity contribution is 0.234. The number of pyridine rings is 1. The van der Waals surface area contributed by atoms with E-state index in [2.05, 4.69) is 9.98 Å². The fourth-order valence-corrected chi connectivity index (χ4v) is 0.798. The molecule has 0 aliphatic heterocycles. The fourth-order valence-electron chi connectivity index (χ4n) is 0.798. The summed E-state index contributed by atoms with van der Waals surface area (Å²) >= 11 is 0. The van der Waals surface area contributed by atoms with Gasteiger partial charge < -0.3 is 0 Å². The SMILES string of the molecule is CN=C(NO)c1ncc(F)cc1F. The highest BCUT2D eigenvalue weighted by atomic mass is 19.1. The number of halogens is 2. The third kappa shape index (κ3) is 1.97. The van der Waals surface area contributed by atoms with Gasteiger partial charge in [0.2, 0.25) is 0 Å². The summed E-state index contributed by atoms with van der Waals surface area (Å²) in [6.07, 6.45) is 0.834. The molecule has 0 unspecified atom stereocenters. The zero-order valence-electron chi connectivity index (χ0n) is 6.75. The van der Waals surface area contributed by atoms with E-state index in [1.807, 2.05) is 0 Å². The first-order chi connectivity index (χ1) is 6.19. The normalized spacial score (nSPS) is 11.5. The van der Waals surface area contributed by atoms with Crippen LogP contribution in [0, 0.1) is 11.6 Å². The lowest BCUT2D eigenvalue weighted by atomic mass is 10.3. The molecule has 4 nitrogen and oxygen atoms in total. The summed E-state index contributed by atoms with van der Waals surface area (Å²) in [6, 6.07) is 0.658. The maximum atomic E-state index is 12.9. The number of nitrogens with zero attached hydrogens (tertiary/aromatic N) is 2. The van der Waals surface area contributed by atoms with Gasteiger partial charge in [0.25, 0.3) is 0 Å². The van der Waals surface area contributed by atoms with Crippen molar-refractivity contribution < 1.29 is 14.0 Å². The Morgan fingerprint density at radius 1 is 1.62 bits per heavy atom. The first-order valence-electron chi connectivity index (χ1n) is 3.37. The second-order valence-corrected chi connectivity index (χ2v) is 2.17. The summed E-state index contributed by atoms with van der Waals surface area (Å²) in [5.74, 6) is -1.82. The van der Waals surface area contributed by atoms with Gasteiger partial charge in [-0.05, 0) is 0 Å². The Hall–Kier alpha value is -1.56. The van der Waals surface area contributed by atoms with Crippen LogP contribution in [0.5, 0.6) is 0 Å². The van der Waals surface area contributed by atoms with E-state index >= 15 is 0 Å². The van der Waals surface area contributed by atoms with E-state index in [-0.39, 0.29) is 11.5 Å². The summed E-state index contributed by atoms with van der Waals surface area (Å²) < 4.78 is 25.3. The molecular weight excluding hydrogens is 180 g/mol. The van der Waals surface area contributed by atoms with Gasteiger partial charge in [-0.1, -0.05) is 0 Å². The number of hydrogen-bond acceptors (Lipinski definition) is 3. The van der Waals surface area contributed by atoms with Gasteiger partial charge in [0.05, 0.1) is 6.20 Å². The third-order valence-electron chi connectivity index (χ3n) is 1.36. The van der Waals surface area contributed by atoms with E-state index in [0.717, 1.165) is 6.20 Å². The molecule has 13 heavy (non-hydrogen) atoms. The maximum absolute atomic E-state index is 12.9. The number of hydrogen-bond donors (Lipinski definition) is 2. The molecule has 1 heterocycles. The van der Waals surface area contributed by atoms with Crippen molar-refractivity contribution in [3.8, 4) is 0 Å². The van der Waals surface area contributed by atoms with Gasteiger partial charge >= 0.3 is 0 Å². The highest BCUT2D eigenvalue weighted by Crippen LogP contribution is 2.05. The van der Waals surface area contributed by atoms with Crippen molar-refractivity contribution in [2.24, 2.45) is 4.99 Å². The summed E-state index contributed by atoms with van der Waals surface area (Å²) in [5.41, 5.74) is 1.42. The molecule has 1 aromatic rings. The Balaban J connectivity index is 3.15. The van der Waals surface area contributed by atoms with Crippen molar-refractivity contribution in [3.63, 3.8) is 0 Å². The first-order valence-corrected chi connectivity index (χ1v) is 3.37. The Labute approximate surface area is 72.9 Å². The molecule has 0 bridgehead atoms. The first kappa shape index (κ1) is 9.53. The number of aromatic nitrogens is 1. The average Bonchev–Trinajstić information content (AvgIpc) is 2.10. The lowest BCUT2D eigenvalue weighted by Gasteiger charge is -2.03. The minimum absolute atomic E-state index is 0.155. The van der Waals surface area contributed by atoms with Crippen molar-refractivity contribution in [2.45, 2.75) is 0 Å². The van der Waals surface area contributed by atoms with Crippen LogP contribution in [-0.4, -0.2) is 23.1 Å². The van der Waals surface area contributed by atoms with Crippen molar-refractivity contribution in [2.75, 3.05) is 7.05 Å². The standard InChI is InChI=1S/C7H7F2N3O/c1-10-7(12-13)6-5(9)2-4(8)3-11-6/h2-3,13H,1H3,(H,10,12). The number of amidine groups is 1. The molecule has 70 valence electrons. The molecule has 0 atom stereocenters. The fraction of sp³-hybridized carbons (Fsp3) is 0.143. The Bertz CT molecular complexity index is 341. The molecule has 0 aromatic carbocycles. The number of aliphatic imine (C=N–C) groups is 1. The van der Waals surface area contributed by atoms with Gasteiger partial charge in [0, 0.05) is 13.1 Å². The van der Waals surface area contributed by atoms with Crippen LogP contribution >= 0.6 is 0 Å². The number of rotatable bonds is 1. The molecule has 1 aromatic heterocycles. The van der Waals surface area contributed by atoms with Crippen LogP contribution in [0.4, 0.5) is 8.78 Å². The molecule has 1 rings (SSSR count). The molecule has 0 spiro atoms. The van der Waals surface area contributed by atoms with Crippen LogP contribution in [0.3, 0.4) is 0 Å². The second-order valence-electron chi connectivity index (χ2n) is 2.17. The summed E-state index contributed by atoms with van der Waals surface area (Å²) in [7, 11) is 1.34. The van der Waals surface area contributed by atoms with Crippen LogP contribution in [-0.2, 0) is 0 Å². The number of hydroxylamine groups is 1. The molecule has 0 saturated carbocycles. The predicted molar refractivity (Wildman–Crippen MR) is 41.5 cm³/mol. The Kier molecular flexibility index (Phi) is 2.86. The van der Waals surface area contributed by atoms with Gasteiger partial charge in [-0.3, -0.25) is 15.7 Å². The molecule has 2 N–H and O–H groups in total. The third-order valence-corrected chi connectivity index (χ3v) is 1.36. The monoisotopic (exact) mass is 187 g/mol. The molecule has 0 saturated heterocycles. The van der Waals surface area contributed by atoms with E-state index in [1.54, 1.807) is 5.48 Å². The second kappa shape index (κ2) is 3.90. The smallest absolute Gasteiger partial charge is 0.173 e. The Morgan fingerprint density at radius 2 is 2.31 bits per heavy atom. The summed E-state index contributed by atoms with van der Waals surface area (Å²) in [6.45, 7) is 0. The van der Waals surface area contributed by atoms with Crippen molar-refractivity contribution in [1.82, 2.24) is 10.5 Å². The van der Waals surface area contributed by atoms with E-state index in [1.165, 1.54) is 7.05 Å². The van der Waals surface area contributed by atoms with E-state index in [0.29, 0.717) is 6.07 Å².